The van der Waals surface area contributed by atoms with Crippen LogP contribution in [0.4, 0.5) is 0 Å². The first kappa shape index (κ1) is 18.9. The third kappa shape index (κ3) is 2.64. The van der Waals surface area contributed by atoms with E-state index < -0.39 is 5.97 Å². The molecule has 3 heterocycles. The fourth-order valence-electron chi connectivity index (χ4n) is 5.18. The molecule has 0 atom stereocenters. The van der Waals surface area contributed by atoms with Crippen LogP contribution in [0, 0.1) is 0 Å². The molecule has 5 heteroatoms. The monoisotopic (exact) mass is 422 g/mol. The molecule has 0 saturated heterocycles. The van der Waals surface area contributed by atoms with E-state index in [2.05, 4.69) is 28.8 Å². The molecule has 158 valence electrons. The maximum atomic E-state index is 12.8. The Bertz CT molecular complexity index is 1540. The number of pyridine rings is 1. The SMILES string of the molecule is COC(=O)c1cc2c3ccccc3n(Cc3ccccc3)c2c2cc3c(n12)CCCC3=O. The molecule has 0 radical (unpaired) electrons. The van der Waals surface area contributed by atoms with Gasteiger partial charge in [-0.2, -0.15) is 0 Å². The highest BCUT2D eigenvalue weighted by Gasteiger charge is 2.27. The molecular formula is C27H22N2O3. The van der Waals surface area contributed by atoms with Crippen LogP contribution in [0.1, 0.15) is 44.9 Å². The van der Waals surface area contributed by atoms with Crippen molar-refractivity contribution >= 4 is 39.1 Å². The summed E-state index contributed by atoms with van der Waals surface area (Å²) >= 11 is 0. The molecule has 0 spiro atoms. The Labute approximate surface area is 184 Å². The lowest BCUT2D eigenvalue weighted by Crippen LogP contribution is -2.15. The summed E-state index contributed by atoms with van der Waals surface area (Å²) in [5.41, 5.74) is 6.31. The van der Waals surface area contributed by atoms with Crippen LogP contribution in [0.2, 0.25) is 0 Å². The minimum Gasteiger partial charge on any atom is -0.464 e. The summed E-state index contributed by atoms with van der Waals surface area (Å²) in [6, 6.07) is 22.5. The molecular weight excluding hydrogens is 400 g/mol. The number of benzene rings is 2. The first-order valence-electron chi connectivity index (χ1n) is 10.9. The highest BCUT2D eigenvalue weighted by atomic mass is 16.5. The van der Waals surface area contributed by atoms with Gasteiger partial charge in [0.25, 0.3) is 0 Å². The number of aromatic nitrogens is 2. The van der Waals surface area contributed by atoms with E-state index >= 15 is 0 Å². The van der Waals surface area contributed by atoms with Crippen molar-refractivity contribution in [3.05, 3.63) is 89.2 Å². The molecule has 32 heavy (non-hydrogen) atoms. The number of hydrogen-bond acceptors (Lipinski definition) is 3. The van der Waals surface area contributed by atoms with E-state index in [0.29, 0.717) is 18.7 Å². The predicted octanol–water partition coefficient (Wildman–Crippen LogP) is 5.40. The fourth-order valence-corrected chi connectivity index (χ4v) is 5.18. The highest BCUT2D eigenvalue weighted by molar-refractivity contribution is 6.16. The van der Waals surface area contributed by atoms with Crippen molar-refractivity contribution in [2.24, 2.45) is 0 Å². The van der Waals surface area contributed by atoms with E-state index in [-0.39, 0.29) is 5.78 Å². The number of carbonyl (C=O) groups is 2. The number of nitrogens with zero attached hydrogens (tertiary/aromatic N) is 2. The Morgan fingerprint density at radius 3 is 2.53 bits per heavy atom. The number of hydrogen-bond donors (Lipinski definition) is 0. The molecule has 0 aliphatic heterocycles. The topological polar surface area (TPSA) is 52.7 Å². The first-order chi connectivity index (χ1) is 15.7. The van der Waals surface area contributed by atoms with Gasteiger partial charge in [0, 0.05) is 40.5 Å². The molecule has 0 N–H and O–H groups in total. The van der Waals surface area contributed by atoms with Crippen LogP contribution in [0.25, 0.3) is 27.3 Å². The van der Waals surface area contributed by atoms with Crippen molar-refractivity contribution in [1.82, 2.24) is 8.97 Å². The zero-order valence-corrected chi connectivity index (χ0v) is 17.8. The Kier molecular flexibility index (Phi) is 4.18. The quantitative estimate of drug-likeness (QED) is 0.366. The van der Waals surface area contributed by atoms with Crippen LogP contribution >= 0.6 is 0 Å². The third-order valence-corrected chi connectivity index (χ3v) is 6.57. The van der Waals surface area contributed by atoms with Crippen LogP contribution in [0.15, 0.2) is 66.7 Å². The number of esters is 1. The number of Topliss-reactive ketones (excluding diaryl/α,β-unsaturated/α-hetero) is 1. The van der Waals surface area contributed by atoms with Gasteiger partial charge in [0.2, 0.25) is 0 Å². The normalized spacial score (nSPS) is 13.7. The number of methoxy groups -OCH3 is 1. The lowest BCUT2D eigenvalue weighted by Gasteiger charge is -2.15. The van der Waals surface area contributed by atoms with Gasteiger partial charge in [-0.25, -0.2) is 4.79 Å². The maximum Gasteiger partial charge on any atom is 0.355 e. The Balaban J connectivity index is 1.79. The summed E-state index contributed by atoms with van der Waals surface area (Å²) in [6.45, 7) is 0.696. The molecule has 0 saturated carbocycles. The second-order valence-corrected chi connectivity index (χ2v) is 8.37. The average Bonchev–Trinajstić information content (AvgIpc) is 3.36. The average molecular weight is 422 g/mol. The summed E-state index contributed by atoms with van der Waals surface area (Å²) in [4.78, 5) is 25.6. The van der Waals surface area contributed by atoms with Gasteiger partial charge in [0.05, 0.1) is 18.1 Å². The Morgan fingerprint density at radius 1 is 0.938 bits per heavy atom. The number of fused-ring (bicyclic) bond motifs is 7. The second kappa shape index (κ2) is 7.09. The molecule has 0 fully saturated rings. The van der Waals surface area contributed by atoms with Gasteiger partial charge in [0.15, 0.2) is 5.78 Å². The summed E-state index contributed by atoms with van der Waals surface area (Å²) in [7, 11) is 1.40. The molecule has 0 bridgehead atoms. The van der Waals surface area contributed by atoms with Gasteiger partial charge in [-0.05, 0) is 36.6 Å². The summed E-state index contributed by atoms with van der Waals surface area (Å²) in [5, 5.41) is 2.07. The molecule has 0 amide bonds. The lowest BCUT2D eigenvalue weighted by molar-refractivity contribution is 0.0591. The first-order valence-corrected chi connectivity index (χ1v) is 10.9. The molecule has 0 unspecified atom stereocenters. The summed E-state index contributed by atoms with van der Waals surface area (Å²) < 4.78 is 9.40. The minimum absolute atomic E-state index is 0.143. The minimum atomic E-state index is -0.395. The molecule has 5 nitrogen and oxygen atoms in total. The van der Waals surface area contributed by atoms with E-state index in [0.717, 1.165) is 51.4 Å². The third-order valence-electron chi connectivity index (χ3n) is 6.57. The molecule has 6 rings (SSSR count). The predicted molar refractivity (Wildman–Crippen MR) is 125 cm³/mol. The van der Waals surface area contributed by atoms with Crippen LogP contribution in [0.3, 0.4) is 0 Å². The van der Waals surface area contributed by atoms with E-state index in [9.17, 15) is 9.59 Å². The van der Waals surface area contributed by atoms with E-state index in [1.165, 1.54) is 12.7 Å². The van der Waals surface area contributed by atoms with Crippen molar-refractivity contribution < 1.29 is 14.3 Å². The van der Waals surface area contributed by atoms with E-state index in [4.69, 9.17) is 4.74 Å². The van der Waals surface area contributed by atoms with E-state index in [1.54, 1.807) is 0 Å². The number of para-hydroxylation sites is 1. The number of carbonyl (C=O) groups excluding carboxylic acids is 2. The maximum absolute atomic E-state index is 12.8. The van der Waals surface area contributed by atoms with Gasteiger partial charge >= 0.3 is 5.97 Å². The summed E-state index contributed by atoms with van der Waals surface area (Å²) in [6.07, 6.45) is 2.11. The molecule has 3 aromatic heterocycles. The largest absolute Gasteiger partial charge is 0.464 e. The lowest BCUT2D eigenvalue weighted by atomic mass is 9.97. The molecule has 2 aromatic carbocycles. The van der Waals surface area contributed by atoms with Crippen LogP contribution in [0.5, 0.6) is 0 Å². The smallest absolute Gasteiger partial charge is 0.355 e. The molecule has 1 aliphatic rings. The standard InChI is InChI=1S/C27H22N2O3/c1-32-27(31)24-14-19-18-10-5-6-11-21(18)28(16-17-8-3-2-4-9-17)26(19)23-15-20-22(29(23)24)12-7-13-25(20)30/h2-6,8-11,14-15H,7,12-13,16H2,1H3. The number of rotatable bonds is 3. The van der Waals surface area contributed by atoms with Crippen molar-refractivity contribution in [3.8, 4) is 0 Å². The summed E-state index contributed by atoms with van der Waals surface area (Å²) in [5.74, 6) is -0.252. The van der Waals surface area contributed by atoms with Crippen molar-refractivity contribution in [1.29, 1.82) is 0 Å². The van der Waals surface area contributed by atoms with Crippen LogP contribution < -0.4 is 0 Å². The highest BCUT2D eigenvalue weighted by Crippen LogP contribution is 2.37. The zero-order chi connectivity index (χ0) is 21.8. The molecule has 1 aliphatic carbocycles. The number of ether oxygens (including phenoxy) is 1. The molecule has 5 aromatic rings. The van der Waals surface area contributed by atoms with Crippen molar-refractivity contribution in [3.63, 3.8) is 0 Å². The van der Waals surface area contributed by atoms with Gasteiger partial charge in [-0.1, -0.05) is 48.5 Å². The van der Waals surface area contributed by atoms with Crippen LogP contribution in [-0.4, -0.2) is 27.8 Å². The second-order valence-electron chi connectivity index (χ2n) is 8.37. The van der Waals surface area contributed by atoms with Gasteiger partial charge in [0.1, 0.15) is 5.69 Å². The zero-order valence-electron chi connectivity index (χ0n) is 17.8. The Hall–Kier alpha value is -3.86. The number of ketones is 1. The van der Waals surface area contributed by atoms with Gasteiger partial charge in [-0.3, -0.25) is 4.79 Å². The van der Waals surface area contributed by atoms with Gasteiger partial charge in [-0.15, -0.1) is 0 Å². The number of aryl methyl sites for hydroxylation is 1. The van der Waals surface area contributed by atoms with E-state index in [1.807, 2.05) is 46.9 Å². The van der Waals surface area contributed by atoms with Gasteiger partial charge < -0.3 is 13.7 Å². The fraction of sp³-hybridized carbons (Fsp3) is 0.185. The Morgan fingerprint density at radius 2 is 1.72 bits per heavy atom. The van der Waals surface area contributed by atoms with Crippen molar-refractivity contribution in [2.75, 3.05) is 7.11 Å². The van der Waals surface area contributed by atoms with Crippen molar-refractivity contribution in [2.45, 2.75) is 25.8 Å². The van der Waals surface area contributed by atoms with Crippen LogP contribution in [-0.2, 0) is 17.7 Å².